The number of piperidine rings is 4. The number of amides is 2. The smallest absolute Gasteiger partial charge is 0.423 e. The minimum Gasteiger partial charge on any atom is -0.423 e. The van der Waals surface area contributed by atoms with Crippen LogP contribution >= 0.6 is 46.4 Å². The molecule has 5 aliphatic heterocycles. The molecule has 18 heterocycles. The van der Waals surface area contributed by atoms with E-state index >= 15 is 0 Å². The molecule has 0 aliphatic carbocycles. The third-order valence-corrected chi connectivity index (χ3v) is 23.6. The summed E-state index contributed by atoms with van der Waals surface area (Å²) in [7, 11) is 7.79. The van der Waals surface area contributed by atoms with Crippen LogP contribution in [0, 0.1) is 0 Å². The lowest BCUT2D eigenvalue weighted by Gasteiger charge is -2.31. The Morgan fingerprint density at radius 3 is 1.23 bits per heavy atom. The van der Waals surface area contributed by atoms with Crippen LogP contribution in [0.5, 0.6) is 0 Å². The number of fused-ring (bicyclic) bond motifs is 14. The predicted molar refractivity (Wildman–Crippen MR) is 463 cm³/mol. The molecule has 0 bridgehead atoms. The van der Waals surface area contributed by atoms with Gasteiger partial charge in [0.2, 0.25) is 17.1 Å². The van der Waals surface area contributed by atoms with Crippen LogP contribution in [0.3, 0.4) is 0 Å². The SMILES string of the molecule is CC(=O)Cl.CC(=O)N1CCC(n2c(=O)n(C)c3cnc4ccc(-c5cccc6[nH]ncc56)nc4c32)CC1.CC(=O)N1CCC(n2c(=O)n(C)c3cnc4ccc(Cl)nc4c32)CC1.CN1CCC(n2c(=O)n(C)c3cnc4ccc(Cl)nc4c32)CC1.Cn1c(=O)n(C2CCNCC2)c2c3nc(Cl)ccc3ncc21.OB(O)c1cccc2c1C=NC2. The molecular formula is C82H86BCl4N23O9. The highest BCUT2D eigenvalue weighted by Crippen LogP contribution is 2.36. The molecule has 5 aliphatic rings. The van der Waals surface area contributed by atoms with Gasteiger partial charge in [0.15, 0.2) is 0 Å². The molecule has 119 heavy (non-hydrogen) atoms. The first-order chi connectivity index (χ1) is 57.2. The minimum absolute atomic E-state index is 0.00478. The molecule has 2 amide bonds. The number of hydrogen-bond acceptors (Lipinski definition) is 21. The number of rotatable bonds is 6. The van der Waals surface area contributed by atoms with Crippen LogP contribution in [-0.4, -0.2) is 201 Å². The molecule has 32 nitrogen and oxygen atoms in total. The number of likely N-dealkylation sites (tertiary alicyclic amines) is 3. The number of aromatic nitrogens is 18. The Kier molecular flexibility index (Phi) is 24.2. The van der Waals surface area contributed by atoms with E-state index in [4.69, 9.17) is 49.8 Å². The molecule has 0 saturated carbocycles. The summed E-state index contributed by atoms with van der Waals surface area (Å²) < 4.78 is 14.0. The average molecular weight is 1690 g/mol. The van der Waals surface area contributed by atoms with Gasteiger partial charge < -0.3 is 30.1 Å². The van der Waals surface area contributed by atoms with Crippen LogP contribution < -0.4 is 33.5 Å². The summed E-state index contributed by atoms with van der Waals surface area (Å²) in [5.41, 5.74) is 17.0. The fraction of sp³-hybridized carbons (Fsp3) is 0.354. The number of aromatic amines is 1. The number of hydrogen-bond donors (Lipinski definition) is 4. The molecule has 37 heteroatoms. The number of benzene rings is 2. The highest BCUT2D eigenvalue weighted by Gasteiger charge is 2.32. The Morgan fingerprint density at radius 2 is 0.832 bits per heavy atom. The highest BCUT2D eigenvalue weighted by atomic mass is 35.5. The third-order valence-electron chi connectivity index (χ3n) is 23.0. The van der Waals surface area contributed by atoms with Crippen LogP contribution in [-0.2, 0) is 49.1 Å². The molecule has 0 atom stereocenters. The number of carbonyl (C=O) groups excluding carboxylic acids is 3. The van der Waals surface area contributed by atoms with Gasteiger partial charge in [-0.1, -0.05) is 65.1 Å². The van der Waals surface area contributed by atoms with Gasteiger partial charge in [-0.15, -0.1) is 0 Å². The predicted octanol–water partition coefficient (Wildman–Crippen LogP) is 9.26. The Morgan fingerprint density at radius 1 is 0.462 bits per heavy atom. The lowest BCUT2D eigenvalue weighted by Crippen LogP contribution is -2.39. The molecule has 13 aromatic heterocycles. The zero-order valence-electron chi connectivity index (χ0n) is 66.6. The summed E-state index contributed by atoms with van der Waals surface area (Å²) in [5.74, 6) is 0.153. The number of aryl methyl sites for hydroxylation is 4. The van der Waals surface area contributed by atoms with Gasteiger partial charge in [0, 0.05) is 116 Å². The second kappa shape index (κ2) is 34.9. The molecule has 20 rings (SSSR count). The van der Waals surface area contributed by atoms with Crippen LogP contribution in [0.1, 0.15) is 107 Å². The van der Waals surface area contributed by atoms with E-state index in [1.165, 1.54) is 6.92 Å². The number of pyridine rings is 8. The van der Waals surface area contributed by atoms with Crippen LogP contribution in [0.4, 0.5) is 0 Å². The van der Waals surface area contributed by atoms with E-state index in [2.05, 4.69) is 78.9 Å². The maximum Gasteiger partial charge on any atom is 0.489 e. The lowest BCUT2D eigenvalue weighted by molar-refractivity contribution is -0.130. The molecule has 4 saturated heterocycles. The van der Waals surface area contributed by atoms with Gasteiger partial charge in [0.1, 0.15) is 37.5 Å². The van der Waals surface area contributed by atoms with Gasteiger partial charge in [-0.25, -0.2) is 39.1 Å². The van der Waals surface area contributed by atoms with E-state index < -0.39 is 7.12 Å². The van der Waals surface area contributed by atoms with Crippen molar-refractivity contribution in [2.75, 3.05) is 59.4 Å². The number of imidazole rings is 4. The van der Waals surface area contributed by atoms with Crippen molar-refractivity contribution in [2.45, 2.75) is 103 Å². The summed E-state index contributed by atoms with van der Waals surface area (Å²) in [5, 5.41) is 30.3. The van der Waals surface area contributed by atoms with Crippen LogP contribution in [0.2, 0.25) is 15.5 Å². The van der Waals surface area contributed by atoms with Crippen molar-refractivity contribution in [3.8, 4) is 11.3 Å². The molecule has 4 N–H and O–H groups in total. The largest absolute Gasteiger partial charge is 0.489 e. The fourth-order valence-corrected chi connectivity index (χ4v) is 17.2. The first-order valence-electron chi connectivity index (χ1n) is 39.1. The Labute approximate surface area is 699 Å². The first-order valence-corrected chi connectivity index (χ1v) is 40.7. The summed E-state index contributed by atoms with van der Waals surface area (Å²) in [6.45, 7) is 11.5. The summed E-state index contributed by atoms with van der Waals surface area (Å²) >= 11 is 22.9. The van der Waals surface area contributed by atoms with Gasteiger partial charge in [-0.2, -0.15) is 5.10 Å². The second-order valence-electron chi connectivity index (χ2n) is 30.2. The monoisotopic (exact) mass is 1690 g/mol. The van der Waals surface area contributed by atoms with Crippen molar-refractivity contribution in [1.82, 2.24) is 107 Å². The number of halogens is 4. The summed E-state index contributed by atoms with van der Waals surface area (Å²) in [6.07, 6.45) is 17.2. The van der Waals surface area contributed by atoms with Crippen molar-refractivity contribution >= 4 is 181 Å². The number of carbonyl (C=O) groups is 3. The molecule has 2 aromatic carbocycles. The van der Waals surface area contributed by atoms with E-state index in [0.717, 1.165) is 172 Å². The summed E-state index contributed by atoms with van der Waals surface area (Å²) in [6, 6.07) is 26.4. The van der Waals surface area contributed by atoms with E-state index in [9.17, 15) is 33.6 Å². The maximum absolute atomic E-state index is 13.3. The number of nitrogens with one attached hydrogen (secondary N) is 2. The van der Waals surface area contributed by atoms with E-state index in [1.54, 1.807) is 126 Å². The van der Waals surface area contributed by atoms with E-state index in [1.807, 2.05) is 84.2 Å². The van der Waals surface area contributed by atoms with Crippen molar-refractivity contribution in [3.63, 3.8) is 0 Å². The van der Waals surface area contributed by atoms with Gasteiger partial charge in [0.05, 0.1) is 115 Å². The van der Waals surface area contributed by atoms with Crippen molar-refractivity contribution in [3.05, 3.63) is 184 Å². The quantitative estimate of drug-likeness (QED) is 0.0684. The number of nitrogens with zero attached hydrogens (tertiary/aromatic N) is 21. The molecule has 0 radical (unpaired) electrons. The lowest BCUT2D eigenvalue weighted by atomic mass is 9.76. The number of aliphatic imine (C=N–C) groups is 1. The zero-order chi connectivity index (χ0) is 83.9. The molecular weight excluding hydrogens is 1600 g/mol. The first kappa shape index (κ1) is 82.7. The van der Waals surface area contributed by atoms with Crippen molar-refractivity contribution in [2.24, 2.45) is 33.2 Å². The van der Waals surface area contributed by atoms with Crippen molar-refractivity contribution in [1.29, 1.82) is 0 Å². The van der Waals surface area contributed by atoms with Crippen LogP contribution in [0.15, 0.2) is 140 Å². The molecule has 0 spiro atoms. The molecule has 15 aromatic rings. The van der Waals surface area contributed by atoms with Crippen molar-refractivity contribution < 1.29 is 24.4 Å². The van der Waals surface area contributed by atoms with Gasteiger partial charge in [0.25, 0.3) is 0 Å². The fourth-order valence-electron chi connectivity index (χ4n) is 16.8. The zero-order valence-corrected chi connectivity index (χ0v) is 69.6. The molecule has 0 unspecified atom stereocenters. The van der Waals surface area contributed by atoms with Gasteiger partial charge in [-0.05, 0) is 167 Å². The number of H-pyrrole nitrogens is 1. The van der Waals surface area contributed by atoms with Crippen LogP contribution in [0.25, 0.3) is 110 Å². The third kappa shape index (κ3) is 16.4. The minimum atomic E-state index is -1.40. The standard InChI is InChI=1S/C24H23N7O2.C17H18ClN5O2.C16H18ClN5O.C15H16ClN5O.C8H8BNO2.C2H3ClO/c1-14(32)30-10-8-15(9-11-30)31-23-21(29(2)24(31)33)13-25-20-7-6-18(27-22(20)23)16-4-3-5-19-17(16)12-26-28-19;1-10(24)22-7-5-11(6-8-22)23-16-13(21(2)17(23)25)9-19-12-3-4-14(18)20-15(12)16;1-20-7-5-10(6-8-20)22-15-12(21(2)16(22)23)9-18-11-3-4-13(17)19-14(11)15;1-20-11-8-18-10-2-3-12(16)19-13(10)14(11)21(15(20)22)9-4-6-17-7-5-9;11-9(12)8-3-1-2-6-4-10-5-7(6)8;1-2(3)4/h3-7,12-13,15H,8-11H2,1-2H3,(H,26,28);3-4,9,11H,5-8H2,1-2H3;3-4,9-10H,5-8H2,1-2H3;2-3,8-9,17H,4-7H2,1H3;1-3,5,11-12H,4H2;1H3. The highest BCUT2D eigenvalue weighted by molar-refractivity contribution is 6.62. The van der Waals surface area contributed by atoms with E-state index in [0.29, 0.717) is 81.2 Å². The Hall–Kier alpha value is -11.4. The maximum atomic E-state index is 13.3. The summed E-state index contributed by atoms with van der Waals surface area (Å²) in [4.78, 5) is 130. The molecule has 614 valence electrons. The Bertz CT molecular complexity index is 6750. The van der Waals surface area contributed by atoms with Gasteiger partial charge >= 0.3 is 29.9 Å². The average Bonchev–Trinajstić information content (AvgIpc) is 1.62. The molecule has 4 fully saturated rings. The second-order valence-corrected chi connectivity index (χ2v) is 31.9. The van der Waals surface area contributed by atoms with E-state index in [-0.39, 0.29) is 64.0 Å². The Balaban J connectivity index is 0.000000118. The van der Waals surface area contributed by atoms with Gasteiger partial charge in [-0.3, -0.25) is 80.9 Å². The normalized spacial score (nSPS) is 15.5. The topological polar surface area (TPSA) is 365 Å².